The van der Waals surface area contributed by atoms with Crippen molar-refractivity contribution in [3.05, 3.63) is 78.4 Å². The molecule has 1 aliphatic rings. The maximum absolute atomic E-state index is 13.6. The molecule has 1 fully saturated rings. The number of anilines is 2. The number of carbonyl (C=O) groups excluding carboxylic acids is 2. The molecule has 1 aromatic heterocycles. The van der Waals surface area contributed by atoms with Gasteiger partial charge in [0, 0.05) is 12.1 Å². The van der Waals surface area contributed by atoms with Crippen LogP contribution < -0.4 is 19.7 Å². The van der Waals surface area contributed by atoms with Gasteiger partial charge < -0.3 is 19.7 Å². The lowest BCUT2D eigenvalue weighted by Crippen LogP contribution is -2.46. The summed E-state index contributed by atoms with van der Waals surface area (Å²) in [5.41, 5.74) is 2.42. The highest BCUT2D eigenvalue weighted by Gasteiger charge is 2.41. The van der Waals surface area contributed by atoms with Crippen molar-refractivity contribution >= 4 is 44.2 Å². The van der Waals surface area contributed by atoms with Crippen molar-refractivity contribution in [3.63, 3.8) is 0 Å². The van der Waals surface area contributed by atoms with Crippen LogP contribution in [-0.4, -0.2) is 31.0 Å². The third-order valence-corrected chi connectivity index (χ3v) is 7.22. The van der Waals surface area contributed by atoms with Crippen molar-refractivity contribution in [1.29, 1.82) is 0 Å². The number of hydrogen-bond donors (Lipinski definition) is 1. The van der Waals surface area contributed by atoms with E-state index in [1.165, 1.54) is 11.3 Å². The van der Waals surface area contributed by atoms with Crippen LogP contribution in [0.15, 0.2) is 72.8 Å². The number of nitrogens with zero attached hydrogens (tertiary/aromatic N) is 2. The molecule has 8 heteroatoms. The van der Waals surface area contributed by atoms with E-state index in [4.69, 9.17) is 9.47 Å². The largest absolute Gasteiger partial charge is 0.497 e. The maximum atomic E-state index is 13.6. The molecule has 1 N–H and O–H groups in total. The van der Waals surface area contributed by atoms with E-state index >= 15 is 0 Å². The first-order chi connectivity index (χ1) is 17.1. The van der Waals surface area contributed by atoms with Crippen molar-refractivity contribution in [2.75, 3.05) is 24.4 Å². The van der Waals surface area contributed by atoms with Crippen LogP contribution >= 0.6 is 11.3 Å². The molecule has 2 heterocycles. The van der Waals surface area contributed by atoms with E-state index in [1.54, 1.807) is 19.1 Å². The fraction of sp³-hybridized carbons (Fsp3) is 0.222. The number of benzene rings is 3. The normalized spacial score (nSPS) is 17.9. The van der Waals surface area contributed by atoms with Gasteiger partial charge in [-0.05, 0) is 60.5 Å². The first-order valence-corrected chi connectivity index (χ1v) is 12.2. The molecule has 0 aliphatic carbocycles. The molecule has 2 unspecified atom stereocenters. The average Bonchev–Trinajstić information content (AvgIpc) is 3.31. The zero-order chi connectivity index (χ0) is 24.4. The van der Waals surface area contributed by atoms with Gasteiger partial charge in [-0.1, -0.05) is 35.6 Å². The van der Waals surface area contributed by atoms with Gasteiger partial charge in [-0.3, -0.25) is 9.59 Å². The first kappa shape index (κ1) is 22.9. The average molecular weight is 488 g/mol. The number of piperidine rings is 1. The molecule has 1 saturated heterocycles. The lowest BCUT2D eigenvalue weighted by molar-refractivity contribution is -0.125. The molecule has 2 amide bonds. The zero-order valence-corrected chi connectivity index (χ0v) is 20.2. The highest BCUT2D eigenvalue weighted by Crippen LogP contribution is 2.41. The molecule has 0 spiro atoms. The standard InChI is InChI=1S/C27H25N3O4S/c1-33-19-11-7-17(8-12-19)25-21(26(32)29-27-28-22-5-3-4-6-23(22)35-27)15-16-24(31)30(25)18-9-13-20(34-2)14-10-18/h3-14,21,25H,15-16H2,1-2H3,(H,28,29,32). The Hall–Kier alpha value is -3.91. The molecule has 0 bridgehead atoms. The van der Waals surface area contributed by atoms with Crippen LogP contribution in [-0.2, 0) is 9.59 Å². The molecule has 5 rings (SSSR count). The summed E-state index contributed by atoms with van der Waals surface area (Å²) in [6.07, 6.45) is 0.718. The summed E-state index contributed by atoms with van der Waals surface area (Å²) in [5, 5.41) is 3.57. The SMILES string of the molecule is COc1ccc(C2C(C(=O)Nc3nc4ccccc4s3)CCC(=O)N2c2ccc(OC)cc2)cc1. The Morgan fingerprint density at radius 2 is 1.63 bits per heavy atom. The van der Waals surface area contributed by atoms with Crippen molar-refractivity contribution in [3.8, 4) is 11.5 Å². The molecule has 35 heavy (non-hydrogen) atoms. The summed E-state index contributed by atoms with van der Waals surface area (Å²) in [5.74, 6) is 0.762. The quantitative estimate of drug-likeness (QED) is 0.392. The fourth-order valence-corrected chi connectivity index (χ4v) is 5.39. The minimum absolute atomic E-state index is 0.0278. The van der Waals surface area contributed by atoms with Crippen molar-refractivity contribution < 1.29 is 19.1 Å². The number of thiazole rings is 1. The number of amides is 2. The Kier molecular flexibility index (Phi) is 6.37. The van der Waals surface area contributed by atoms with Gasteiger partial charge in [0.2, 0.25) is 11.8 Å². The van der Waals surface area contributed by atoms with Crippen molar-refractivity contribution in [1.82, 2.24) is 4.98 Å². The Labute approximate surface area is 207 Å². The van der Waals surface area contributed by atoms with E-state index in [9.17, 15) is 9.59 Å². The first-order valence-electron chi connectivity index (χ1n) is 11.3. The van der Waals surface area contributed by atoms with Gasteiger partial charge in [-0.2, -0.15) is 0 Å². The molecule has 178 valence electrons. The summed E-state index contributed by atoms with van der Waals surface area (Å²) in [6, 6.07) is 22.2. The molecule has 4 aromatic rings. The van der Waals surface area contributed by atoms with Crippen LogP contribution in [0.1, 0.15) is 24.4 Å². The summed E-state index contributed by atoms with van der Waals surface area (Å²) >= 11 is 1.44. The molecule has 0 saturated carbocycles. The lowest BCUT2D eigenvalue weighted by atomic mass is 9.83. The highest BCUT2D eigenvalue weighted by atomic mass is 32.1. The van der Waals surface area contributed by atoms with Gasteiger partial charge in [0.15, 0.2) is 5.13 Å². The number of fused-ring (bicyclic) bond motifs is 1. The lowest BCUT2D eigenvalue weighted by Gasteiger charge is -2.40. The van der Waals surface area contributed by atoms with Gasteiger partial charge in [0.05, 0.1) is 36.4 Å². The van der Waals surface area contributed by atoms with E-state index in [-0.39, 0.29) is 18.2 Å². The number of aromatic nitrogens is 1. The van der Waals surface area contributed by atoms with E-state index in [1.807, 2.05) is 72.8 Å². The van der Waals surface area contributed by atoms with Gasteiger partial charge in [-0.25, -0.2) is 4.98 Å². The van der Waals surface area contributed by atoms with Crippen LogP contribution in [0, 0.1) is 5.92 Å². The molecule has 2 atom stereocenters. The van der Waals surface area contributed by atoms with Gasteiger partial charge in [0.25, 0.3) is 0 Å². The molecular formula is C27H25N3O4S. The third-order valence-electron chi connectivity index (χ3n) is 6.27. The monoisotopic (exact) mass is 487 g/mol. The number of para-hydroxylation sites is 1. The minimum Gasteiger partial charge on any atom is -0.497 e. The molecule has 0 radical (unpaired) electrons. The predicted octanol–water partition coefficient (Wildman–Crippen LogP) is 5.44. The Morgan fingerprint density at radius 1 is 0.971 bits per heavy atom. The van der Waals surface area contributed by atoms with Crippen LogP contribution in [0.25, 0.3) is 10.2 Å². The second-order valence-corrected chi connectivity index (χ2v) is 9.33. The summed E-state index contributed by atoms with van der Waals surface area (Å²) in [6.45, 7) is 0. The second-order valence-electron chi connectivity index (χ2n) is 8.30. The number of ether oxygens (including phenoxy) is 2. The Morgan fingerprint density at radius 3 is 2.29 bits per heavy atom. The number of nitrogens with one attached hydrogen (secondary N) is 1. The number of hydrogen-bond acceptors (Lipinski definition) is 6. The van der Waals surface area contributed by atoms with Gasteiger partial charge in [0.1, 0.15) is 11.5 Å². The van der Waals surface area contributed by atoms with Gasteiger partial charge in [-0.15, -0.1) is 0 Å². The molecule has 3 aromatic carbocycles. The van der Waals surface area contributed by atoms with Crippen LogP contribution in [0.3, 0.4) is 0 Å². The van der Waals surface area contributed by atoms with Crippen LogP contribution in [0.4, 0.5) is 10.8 Å². The smallest absolute Gasteiger partial charge is 0.231 e. The number of carbonyl (C=O) groups is 2. The topological polar surface area (TPSA) is 80.8 Å². The Balaban J connectivity index is 1.51. The van der Waals surface area contributed by atoms with Crippen molar-refractivity contribution in [2.24, 2.45) is 5.92 Å². The van der Waals surface area contributed by atoms with E-state index < -0.39 is 12.0 Å². The third kappa shape index (κ3) is 4.57. The molecular weight excluding hydrogens is 462 g/mol. The minimum atomic E-state index is -0.482. The zero-order valence-electron chi connectivity index (χ0n) is 19.4. The van der Waals surface area contributed by atoms with Gasteiger partial charge >= 0.3 is 0 Å². The summed E-state index contributed by atoms with van der Waals surface area (Å²) in [4.78, 5) is 33.1. The van der Waals surface area contributed by atoms with E-state index in [2.05, 4.69) is 10.3 Å². The highest BCUT2D eigenvalue weighted by molar-refractivity contribution is 7.22. The van der Waals surface area contributed by atoms with E-state index in [0.717, 1.165) is 15.8 Å². The molecule has 7 nitrogen and oxygen atoms in total. The summed E-state index contributed by atoms with van der Waals surface area (Å²) in [7, 11) is 3.21. The fourth-order valence-electron chi connectivity index (χ4n) is 4.52. The van der Waals surface area contributed by atoms with Crippen LogP contribution in [0.2, 0.25) is 0 Å². The van der Waals surface area contributed by atoms with Crippen molar-refractivity contribution in [2.45, 2.75) is 18.9 Å². The summed E-state index contributed by atoms with van der Waals surface area (Å²) < 4.78 is 11.6. The van der Waals surface area contributed by atoms with Crippen LogP contribution in [0.5, 0.6) is 11.5 Å². The predicted molar refractivity (Wildman–Crippen MR) is 137 cm³/mol. The Bertz CT molecular complexity index is 1320. The number of methoxy groups -OCH3 is 2. The van der Waals surface area contributed by atoms with E-state index in [0.29, 0.717) is 28.7 Å². The second kappa shape index (κ2) is 9.76. The number of rotatable bonds is 6. The maximum Gasteiger partial charge on any atom is 0.231 e. The molecule has 1 aliphatic heterocycles.